The highest BCUT2D eigenvalue weighted by atomic mass is 16.5. The number of esters is 1. The fourth-order valence-corrected chi connectivity index (χ4v) is 2.65. The van der Waals surface area contributed by atoms with Crippen molar-refractivity contribution in [3.63, 3.8) is 0 Å². The number of carbonyl (C=O) groups is 3. The summed E-state index contributed by atoms with van der Waals surface area (Å²) in [6.07, 6.45) is 0. The molecule has 0 unspecified atom stereocenters. The molecule has 3 rings (SSSR count). The molecule has 1 heterocycles. The number of hydrogen-bond acceptors (Lipinski definition) is 5. The molecule has 0 saturated carbocycles. The van der Waals surface area contributed by atoms with Crippen molar-refractivity contribution >= 4 is 40.1 Å². The standard InChI is InChI=1S/C20H17N3O5/c1-11(24)12-4-3-5-13(8-12)21-20(27)22-14-6-7-16-15(9-14)18(25)10-17(23-16)19(26)28-2/h3-10H,1-2H3,(H,23,25)(H2,21,22,27). The van der Waals surface area contributed by atoms with Gasteiger partial charge in [0, 0.05) is 28.4 Å². The summed E-state index contributed by atoms with van der Waals surface area (Å²) in [5, 5.41) is 5.57. The van der Waals surface area contributed by atoms with E-state index >= 15 is 0 Å². The lowest BCUT2D eigenvalue weighted by atomic mass is 10.1. The number of anilines is 2. The van der Waals surface area contributed by atoms with Gasteiger partial charge in [0.25, 0.3) is 0 Å². The van der Waals surface area contributed by atoms with Crippen LogP contribution in [-0.2, 0) is 4.74 Å². The molecule has 28 heavy (non-hydrogen) atoms. The van der Waals surface area contributed by atoms with Crippen molar-refractivity contribution in [2.75, 3.05) is 17.7 Å². The van der Waals surface area contributed by atoms with Gasteiger partial charge in [-0.3, -0.25) is 9.59 Å². The molecule has 2 aromatic carbocycles. The largest absolute Gasteiger partial charge is 0.464 e. The van der Waals surface area contributed by atoms with Crippen LogP contribution in [0.25, 0.3) is 10.9 Å². The fraction of sp³-hybridized carbons (Fsp3) is 0.100. The van der Waals surface area contributed by atoms with E-state index in [4.69, 9.17) is 0 Å². The zero-order valence-electron chi connectivity index (χ0n) is 15.2. The second-order valence-electron chi connectivity index (χ2n) is 6.02. The number of pyridine rings is 1. The molecule has 0 spiro atoms. The Morgan fingerprint density at radius 1 is 0.964 bits per heavy atom. The van der Waals surface area contributed by atoms with Crippen LogP contribution in [0.1, 0.15) is 27.8 Å². The Morgan fingerprint density at radius 2 is 1.68 bits per heavy atom. The normalized spacial score (nSPS) is 10.4. The zero-order valence-corrected chi connectivity index (χ0v) is 15.2. The van der Waals surface area contributed by atoms with Crippen molar-refractivity contribution in [1.29, 1.82) is 0 Å². The van der Waals surface area contributed by atoms with Crippen molar-refractivity contribution in [3.05, 3.63) is 70.0 Å². The maximum Gasteiger partial charge on any atom is 0.354 e. The summed E-state index contributed by atoms with van der Waals surface area (Å²) in [6.45, 7) is 1.44. The predicted molar refractivity (Wildman–Crippen MR) is 105 cm³/mol. The van der Waals surface area contributed by atoms with Crippen LogP contribution in [0.4, 0.5) is 16.2 Å². The van der Waals surface area contributed by atoms with Crippen LogP contribution >= 0.6 is 0 Å². The highest BCUT2D eigenvalue weighted by molar-refractivity contribution is 6.02. The van der Waals surface area contributed by atoms with Crippen LogP contribution in [0.5, 0.6) is 0 Å². The molecule has 3 aromatic rings. The molecule has 3 N–H and O–H groups in total. The number of carbonyl (C=O) groups excluding carboxylic acids is 3. The number of H-pyrrole nitrogens is 1. The first-order chi connectivity index (χ1) is 13.4. The minimum absolute atomic E-state index is 0.0452. The Bertz CT molecular complexity index is 1150. The van der Waals surface area contributed by atoms with Gasteiger partial charge in [-0.05, 0) is 37.3 Å². The summed E-state index contributed by atoms with van der Waals surface area (Å²) >= 11 is 0. The first kappa shape index (κ1) is 18.8. The molecular formula is C20H17N3O5. The number of hydrogen-bond donors (Lipinski definition) is 3. The Kier molecular flexibility index (Phi) is 5.21. The third kappa shape index (κ3) is 4.07. The molecule has 0 aliphatic carbocycles. The van der Waals surface area contributed by atoms with Crippen molar-refractivity contribution in [2.45, 2.75) is 6.92 Å². The number of Topliss-reactive ketones (excluding diaryl/α,β-unsaturated/α-hetero) is 1. The van der Waals surface area contributed by atoms with Crippen molar-refractivity contribution in [3.8, 4) is 0 Å². The van der Waals surface area contributed by atoms with E-state index in [0.717, 1.165) is 6.07 Å². The van der Waals surface area contributed by atoms with Crippen LogP contribution < -0.4 is 16.1 Å². The van der Waals surface area contributed by atoms with E-state index in [1.54, 1.807) is 36.4 Å². The van der Waals surface area contributed by atoms with Crippen molar-refractivity contribution < 1.29 is 19.1 Å². The van der Waals surface area contributed by atoms with Gasteiger partial charge in [-0.2, -0.15) is 0 Å². The molecule has 0 radical (unpaired) electrons. The van der Waals surface area contributed by atoms with Gasteiger partial charge in [-0.15, -0.1) is 0 Å². The maximum atomic E-state index is 12.3. The number of aromatic amines is 1. The van der Waals surface area contributed by atoms with Gasteiger partial charge in [0.2, 0.25) is 0 Å². The summed E-state index contributed by atoms with van der Waals surface area (Å²) in [5.41, 5.74) is 1.44. The Labute approximate surface area is 159 Å². The topological polar surface area (TPSA) is 117 Å². The first-order valence-electron chi connectivity index (χ1n) is 8.32. The molecule has 0 aliphatic heterocycles. The zero-order chi connectivity index (χ0) is 20.3. The molecule has 1 aromatic heterocycles. The number of nitrogens with one attached hydrogen (secondary N) is 3. The Hall–Kier alpha value is -3.94. The lowest BCUT2D eigenvalue weighted by molar-refractivity contribution is 0.0594. The molecule has 0 fully saturated rings. The molecule has 0 aliphatic rings. The summed E-state index contributed by atoms with van der Waals surface area (Å²) in [6, 6.07) is 11.8. The lowest BCUT2D eigenvalue weighted by Gasteiger charge is -2.09. The third-order valence-corrected chi connectivity index (χ3v) is 4.02. The highest BCUT2D eigenvalue weighted by Crippen LogP contribution is 2.17. The molecule has 8 heteroatoms. The van der Waals surface area contributed by atoms with Gasteiger partial charge in [0.15, 0.2) is 11.2 Å². The average molecular weight is 379 g/mol. The van der Waals surface area contributed by atoms with E-state index < -0.39 is 12.0 Å². The second-order valence-corrected chi connectivity index (χ2v) is 6.02. The second kappa shape index (κ2) is 7.75. The quantitative estimate of drug-likeness (QED) is 0.475. The Balaban J connectivity index is 1.80. The maximum absolute atomic E-state index is 12.3. The Morgan fingerprint density at radius 3 is 2.36 bits per heavy atom. The number of urea groups is 1. The van der Waals surface area contributed by atoms with Crippen LogP contribution in [-0.4, -0.2) is 29.9 Å². The van der Waals surface area contributed by atoms with Gasteiger partial charge in [0.05, 0.1) is 12.6 Å². The summed E-state index contributed by atoms with van der Waals surface area (Å²) < 4.78 is 4.60. The van der Waals surface area contributed by atoms with Crippen molar-refractivity contribution in [1.82, 2.24) is 4.98 Å². The van der Waals surface area contributed by atoms with Crippen LogP contribution in [0.3, 0.4) is 0 Å². The highest BCUT2D eigenvalue weighted by Gasteiger charge is 2.11. The number of ketones is 1. The van der Waals surface area contributed by atoms with Crippen LogP contribution in [0, 0.1) is 0 Å². The predicted octanol–water partition coefficient (Wildman–Crippen LogP) is 3.16. The van der Waals surface area contributed by atoms with Crippen LogP contribution in [0.15, 0.2) is 53.3 Å². The minimum atomic E-state index is -0.645. The van der Waals surface area contributed by atoms with Gasteiger partial charge in [-0.25, -0.2) is 9.59 Å². The molecule has 142 valence electrons. The van der Waals surface area contributed by atoms with E-state index in [9.17, 15) is 19.2 Å². The number of amides is 2. The number of fused-ring (bicyclic) bond motifs is 1. The van der Waals surface area contributed by atoms with Gasteiger partial charge in [-0.1, -0.05) is 12.1 Å². The van der Waals surface area contributed by atoms with E-state index in [2.05, 4.69) is 20.4 Å². The van der Waals surface area contributed by atoms with Gasteiger partial charge >= 0.3 is 12.0 Å². The van der Waals surface area contributed by atoms with Gasteiger partial charge < -0.3 is 20.4 Å². The fourth-order valence-electron chi connectivity index (χ4n) is 2.65. The number of methoxy groups -OCH3 is 1. The molecule has 0 bridgehead atoms. The summed E-state index contributed by atoms with van der Waals surface area (Å²) in [5.74, 6) is -0.752. The smallest absolute Gasteiger partial charge is 0.354 e. The molecule has 0 saturated heterocycles. The number of aromatic nitrogens is 1. The van der Waals surface area contributed by atoms with E-state index in [0.29, 0.717) is 27.8 Å². The molecule has 0 atom stereocenters. The molecular weight excluding hydrogens is 362 g/mol. The van der Waals surface area contributed by atoms with Gasteiger partial charge in [0.1, 0.15) is 5.69 Å². The summed E-state index contributed by atoms with van der Waals surface area (Å²) in [7, 11) is 1.22. The van der Waals surface area contributed by atoms with E-state index in [1.165, 1.54) is 20.1 Å². The molecule has 8 nitrogen and oxygen atoms in total. The minimum Gasteiger partial charge on any atom is -0.464 e. The molecule has 2 amide bonds. The lowest BCUT2D eigenvalue weighted by Crippen LogP contribution is -2.20. The monoisotopic (exact) mass is 379 g/mol. The average Bonchev–Trinajstić information content (AvgIpc) is 2.67. The third-order valence-electron chi connectivity index (χ3n) is 4.02. The summed E-state index contributed by atoms with van der Waals surface area (Å²) in [4.78, 5) is 50.3. The van der Waals surface area contributed by atoms with E-state index in [-0.39, 0.29) is 16.9 Å². The first-order valence-corrected chi connectivity index (χ1v) is 8.32. The number of rotatable bonds is 4. The number of ether oxygens (including phenoxy) is 1. The number of benzene rings is 2. The van der Waals surface area contributed by atoms with Crippen LogP contribution in [0.2, 0.25) is 0 Å². The SMILES string of the molecule is COC(=O)c1cc(=O)c2cc(NC(=O)Nc3cccc(C(C)=O)c3)ccc2[nH]1. The van der Waals surface area contributed by atoms with E-state index in [1.807, 2.05) is 0 Å². The van der Waals surface area contributed by atoms with Crippen molar-refractivity contribution in [2.24, 2.45) is 0 Å².